The molecule has 1 saturated heterocycles. The summed E-state index contributed by atoms with van der Waals surface area (Å²) in [6.07, 6.45) is 0.796. The number of sulfonamides is 1. The van der Waals surface area contributed by atoms with Crippen molar-refractivity contribution in [1.82, 2.24) is 9.62 Å². The second-order valence-electron chi connectivity index (χ2n) is 7.33. The van der Waals surface area contributed by atoms with E-state index in [0.29, 0.717) is 18.8 Å². The van der Waals surface area contributed by atoms with Crippen molar-refractivity contribution in [3.63, 3.8) is 0 Å². The number of nitrogens with zero attached hydrogens (tertiary/aromatic N) is 1. The normalized spacial score (nSPS) is 17.4. The van der Waals surface area contributed by atoms with Gasteiger partial charge in [0.1, 0.15) is 0 Å². The summed E-state index contributed by atoms with van der Waals surface area (Å²) in [4.78, 5) is 25.5. The summed E-state index contributed by atoms with van der Waals surface area (Å²) < 4.78 is 27.7. The van der Waals surface area contributed by atoms with E-state index in [1.807, 2.05) is 30.3 Å². The van der Waals surface area contributed by atoms with Crippen LogP contribution in [-0.4, -0.2) is 50.3 Å². The molecule has 2 aromatic carbocycles. The van der Waals surface area contributed by atoms with Gasteiger partial charge in [0.05, 0.1) is 10.9 Å². The molecule has 0 saturated carbocycles. The van der Waals surface area contributed by atoms with Crippen molar-refractivity contribution in [3.05, 3.63) is 54.6 Å². The Kier molecular flexibility index (Phi) is 6.73. The summed E-state index contributed by atoms with van der Waals surface area (Å²) in [6, 6.07) is 14.8. The molecule has 0 spiro atoms. The Labute approximate surface area is 176 Å². The van der Waals surface area contributed by atoms with Crippen molar-refractivity contribution in [2.75, 3.05) is 23.7 Å². The van der Waals surface area contributed by atoms with E-state index in [0.717, 1.165) is 12.1 Å². The second kappa shape index (κ2) is 9.27. The van der Waals surface area contributed by atoms with E-state index in [1.54, 1.807) is 11.8 Å². The number of rotatable bonds is 7. The smallest absolute Gasteiger partial charge is 0.241 e. The van der Waals surface area contributed by atoms with E-state index >= 15 is 0 Å². The third kappa shape index (κ3) is 5.58. The van der Waals surface area contributed by atoms with Gasteiger partial charge < -0.3 is 15.5 Å². The van der Waals surface area contributed by atoms with Crippen LogP contribution in [-0.2, 0) is 19.6 Å². The highest BCUT2D eigenvalue weighted by Crippen LogP contribution is 2.18. The molecule has 0 bridgehead atoms. The molecule has 160 valence electrons. The van der Waals surface area contributed by atoms with Crippen LogP contribution in [0.1, 0.15) is 20.3 Å². The van der Waals surface area contributed by atoms with Crippen LogP contribution in [0.5, 0.6) is 0 Å². The third-order valence-electron chi connectivity index (χ3n) is 4.83. The largest absolute Gasteiger partial charge is 0.380 e. The fraction of sp³-hybridized carbons (Fsp3) is 0.333. The summed E-state index contributed by atoms with van der Waals surface area (Å²) >= 11 is 0. The molecule has 9 heteroatoms. The quantitative estimate of drug-likeness (QED) is 0.623. The number of anilines is 2. The molecule has 2 amide bonds. The monoisotopic (exact) mass is 430 g/mol. The first-order valence-corrected chi connectivity index (χ1v) is 11.2. The zero-order valence-corrected chi connectivity index (χ0v) is 17.8. The Morgan fingerprint density at radius 1 is 1.03 bits per heavy atom. The van der Waals surface area contributed by atoms with E-state index in [4.69, 9.17) is 0 Å². The Morgan fingerprint density at radius 3 is 2.33 bits per heavy atom. The Morgan fingerprint density at radius 2 is 1.70 bits per heavy atom. The van der Waals surface area contributed by atoms with Crippen molar-refractivity contribution in [2.24, 2.45) is 0 Å². The molecule has 1 heterocycles. The average molecular weight is 431 g/mol. The van der Waals surface area contributed by atoms with Gasteiger partial charge in [-0.3, -0.25) is 9.59 Å². The van der Waals surface area contributed by atoms with Crippen molar-refractivity contribution in [3.8, 4) is 0 Å². The predicted molar refractivity (Wildman–Crippen MR) is 116 cm³/mol. The van der Waals surface area contributed by atoms with Gasteiger partial charge in [0.25, 0.3) is 0 Å². The minimum Gasteiger partial charge on any atom is -0.380 e. The van der Waals surface area contributed by atoms with Crippen LogP contribution >= 0.6 is 0 Å². The van der Waals surface area contributed by atoms with Gasteiger partial charge >= 0.3 is 0 Å². The first-order chi connectivity index (χ1) is 14.2. The lowest BCUT2D eigenvalue weighted by molar-refractivity contribution is -0.131. The summed E-state index contributed by atoms with van der Waals surface area (Å²) in [6.45, 7) is 4.01. The number of amides is 2. The zero-order valence-electron chi connectivity index (χ0n) is 17.0. The second-order valence-corrected chi connectivity index (χ2v) is 9.04. The minimum absolute atomic E-state index is 0.0290. The predicted octanol–water partition coefficient (Wildman–Crippen LogP) is 2.02. The van der Waals surface area contributed by atoms with E-state index in [9.17, 15) is 18.0 Å². The molecule has 1 fully saturated rings. The van der Waals surface area contributed by atoms with Gasteiger partial charge in [-0.2, -0.15) is 4.72 Å². The lowest BCUT2D eigenvalue weighted by Crippen LogP contribution is -2.46. The maximum Gasteiger partial charge on any atom is 0.241 e. The molecule has 3 N–H and O–H groups in total. The van der Waals surface area contributed by atoms with E-state index in [1.165, 1.54) is 31.2 Å². The molecule has 3 rings (SSSR count). The first-order valence-electron chi connectivity index (χ1n) is 9.75. The number of carbonyl (C=O) groups excluding carboxylic acids is 2. The molecule has 0 radical (unpaired) electrons. The number of para-hydroxylation sites is 1. The standard InChI is InChI=1S/C21H26N4O4S/c1-15(24-30(28,29)20-10-8-18(9-11-20)22-16(2)26)21(27)25-13-12-19(14-25)23-17-6-4-3-5-7-17/h3-11,15,19,23-24H,12-14H2,1-2H3,(H,22,26)/t15-,19?/m0/s1. The van der Waals surface area contributed by atoms with Crippen molar-refractivity contribution < 1.29 is 18.0 Å². The van der Waals surface area contributed by atoms with Crippen molar-refractivity contribution in [1.29, 1.82) is 0 Å². The maximum atomic E-state index is 12.8. The Balaban J connectivity index is 1.57. The highest BCUT2D eigenvalue weighted by Gasteiger charge is 2.31. The Bertz CT molecular complexity index is 993. The molecule has 30 heavy (non-hydrogen) atoms. The van der Waals surface area contributed by atoms with Gasteiger partial charge in [-0.25, -0.2) is 8.42 Å². The number of hydrogen-bond donors (Lipinski definition) is 3. The van der Waals surface area contributed by atoms with Crippen LogP contribution < -0.4 is 15.4 Å². The molecule has 8 nitrogen and oxygen atoms in total. The van der Waals surface area contributed by atoms with E-state index in [2.05, 4.69) is 15.4 Å². The molecule has 1 unspecified atom stereocenters. The highest BCUT2D eigenvalue weighted by atomic mass is 32.2. The lowest BCUT2D eigenvalue weighted by atomic mass is 10.2. The molecule has 0 aliphatic carbocycles. The highest BCUT2D eigenvalue weighted by molar-refractivity contribution is 7.89. The van der Waals surface area contributed by atoms with Gasteiger partial charge in [0.2, 0.25) is 21.8 Å². The van der Waals surface area contributed by atoms with Crippen LogP contribution in [0.15, 0.2) is 59.5 Å². The lowest BCUT2D eigenvalue weighted by Gasteiger charge is -2.22. The maximum absolute atomic E-state index is 12.8. The van der Waals surface area contributed by atoms with Gasteiger partial charge in [0, 0.05) is 37.4 Å². The van der Waals surface area contributed by atoms with Gasteiger partial charge in [0.15, 0.2) is 0 Å². The molecule has 2 atom stereocenters. The fourth-order valence-electron chi connectivity index (χ4n) is 3.39. The Hall–Kier alpha value is -2.91. The molecule has 0 aromatic heterocycles. The van der Waals surface area contributed by atoms with Crippen LogP contribution in [0.2, 0.25) is 0 Å². The molecule has 1 aliphatic heterocycles. The number of nitrogens with one attached hydrogen (secondary N) is 3. The summed E-state index contributed by atoms with van der Waals surface area (Å²) in [5.74, 6) is -0.501. The molecule has 2 aromatic rings. The number of hydrogen-bond acceptors (Lipinski definition) is 5. The molecular formula is C21H26N4O4S. The summed E-state index contributed by atoms with van der Waals surface area (Å²) in [5.41, 5.74) is 1.49. The number of benzene rings is 2. The topological polar surface area (TPSA) is 108 Å². The fourth-order valence-corrected chi connectivity index (χ4v) is 4.59. The van der Waals surface area contributed by atoms with E-state index in [-0.39, 0.29) is 22.8 Å². The third-order valence-corrected chi connectivity index (χ3v) is 6.39. The van der Waals surface area contributed by atoms with Crippen LogP contribution in [0.4, 0.5) is 11.4 Å². The van der Waals surface area contributed by atoms with Crippen molar-refractivity contribution in [2.45, 2.75) is 37.2 Å². The zero-order chi connectivity index (χ0) is 21.7. The van der Waals surface area contributed by atoms with Gasteiger partial charge in [-0.05, 0) is 49.7 Å². The van der Waals surface area contributed by atoms with Gasteiger partial charge in [-0.1, -0.05) is 18.2 Å². The average Bonchev–Trinajstić information content (AvgIpc) is 3.16. The summed E-state index contributed by atoms with van der Waals surface area (Å²) in [7, 11) is -3.87. The number of likely N-dealkylation sites (tertiary alicyclic amines) is 1. The van der Waals surface area contributed by atoms with Gasteiger partial charge in [-0.15, -0.1) is 0 Å². The summed E-state index contributed by atoms with van der Waals surface area (Å²) in [5, 5.41) is 5.98. The van der Waals surface area contributed by atoms with Crippen LogP contribution in [0.25, 0.3) is 0 Å². The van der Waals surface area contributed by atoms with Crippen LogP contribution in [0, 0.1) is 0 Å². The molecule has 1 aliphatic rings. The number of carbonyl (C=O) groups is 2. The van der Waals surface area contributed by atoms with Crippen molar-refractivity contribution >= 4 is 33.2 Å². The minimum atomic E-state index is -3.87. The first kappa shape index (κ1) is 21.8. The van der Waals surface area contributed by atoms with E-state index < -0.39 is 16.1 Å². The van der Waals surface area contributed by atoms with Crippen LogP contribution in [0.3, 0.4) is 0 Å². The molecular weight excluding hydrogens is 404 g/mol. The SMILES string of the molecule is CC(=O)Nc1ccc(S(=O)(=O)N[C@@H](C)C(=O)N2CCC(Nc3ccccc3)C2)cc1.